The molecule has 0 N–H and O–H groups in total. The maximum atomic E-state index is 12.8. The molecule has 1 fully saturated rings. The van der Waals surface area contributed by atoms with Gasteiger partial charge in [-0.2, -0.15) is 0 Å². The Morgan fingerprint density at radius 1 is 1.25 bits per heavy atom. The Labute approximate surface area is 142 Å². The lowest BCUT2D eigenvalue weighted by molar-refractivity contribution is 0.0744. The van der Waals surface area contributed by atoms with Gasteiger partial charge in [-0.25, -0.2) is 0 Å². The second-order valence-corrected chi connectivity index (χ2v) is 5.87. The Morgan fingerprint density at radius 2 is 1.96 bits per heavy atom. The predicted molar refractivity (Wildman–Crippen MR) is 91.7 cm³/mol. The second-order valence-electron chi connectivity index (χ2n) is 5.87. The lowest BCUT2D eigenvalue weighted by atomic mass is 10.1. The van der Waals surface area contributed by atoms with E-state index in [1.165, 1.54) is 0 Å². The van der Waals surface area contributed by atoms with Crippen LogP contribution in [0.3, 0.4) is 0 Å². The molecule has 0 bridgehead atoms. The van der Waals surface area contributed by atoms with Crippen molar-refractivity contribution in [2.45, 2.75) is 20.3 Å². The fraction of sp³-hybridized carbons (Fsp3) is 0.444. The molecule has 1 amide bonds. The van der Waals surface area contributed by atoms with Gasteiger partial charge >= 0.3 is 0 Å². The summed E-state index contributed by atoms with van der Waals surface area (Å²) in [5.74, 6) is 1.55. The fourth-order valence-electron chi connectivity index (χ4n) is 3.13. The molecule has 1 aliphatic heterocycles. The Kier molecular flexibility index (Phi) is 4.74. The minimum absolute atomic E-state index is 0.0188. The topological polar surface area (TPSA) is 58.8 Å². The van der Waals surface area contributed by atoms with Crippen LogP contribution in [0.2, 0.25) is 0 Å². The van der Waals surface area contributed by atoms with Crippen molar-refractivity contribution in [1.82, 2.24) is 10.1 Å². The highest BCUT2D eigenvalue weighted by atomic mass is 16.5. The molecule has 2 heterocycles. The van der Waals surface area contributed by atoms with Crippen LogP contribution in [-0.2, 0) is 6.42 Å². The van der Waals surface area contributed by atoms with E-state index in [1.807, 2.05) is 36.9 Å². The van der Waals surface area contributed by atoms with Crippen molar-refractivity contribution >= 4 is 11.6 Å². The molecule has 1 aliphatic rings. The van der Waals surface area contributed by atoms with Gasteiger partial charge < -0.3 is 19.1 Å². The van der Waals surface area contributed by atoms with E-state index in [1.54, 1.807) is 7.11 Å². The molecule has 3 rings (SSSR count). The Hall–Kier alpha value is -2.50. The Morgan fingerprint density at radius 3 is 2.62 bits per heavy atom. The monoisotopic (exact) mass is 329 g/mol. The van der Waals surface area contributed by atoms with Crippen molar-refractivity contribution in [3.05, 3.63) is 41.3 Å². The van der Waals surface area contributed by atoms with Crippen molar-refractivity contribution in [3.63, 3.8) is 0 Å². The Balaban J connectivity index is 1.71. The van der Waals surface area contributed by atoms with E-state index < -0.39 is 0 Å². The van der Waals surface area contributed by atoms with Crippen molar-refractivity contribution in [1.29, 1.82) is 0 Å². The minimum atomic E-state index is 0.0188. The van der Waals surface area contributed by atoms with Crippen molar-refractivity contribution in [3.8, 4) is 5.75 Å². The summed E-state index contributed by atoms with van der Waals surface area (Å²) in [6.07, 6.45) is 0.670. The average molecular weight is 329 g/mol. The number of methoxy groups -OCH3 is 1. The lowest BCUT2D eigenvalue weighted by Crippen LogP contribution is -2.49. The predicted octanol–water partition coefficient (Wildman–Crippen LogP) is 2.52. The SMILES string of the molecule is CCc1onc(C)c1C(=O)N1CCN(c2ccccc2OC)CC1. The Bertz CT molecular complexity index is 718. The highest BCUT2D eigenvalue weighted by Gasteiger charge is 2.28. The highest BCUT2D eigenvalue weighted by Crippen LogP contribution is 2.28. The summed E-state index contributed by atoms with van der Waals surface area (Å²) in [4.78, 5) is 16.9. The highest BCUT2D eigenvalue weighted by molar-refractivity contribution is 5.96. The number of ether oxygens (including phenoxy) is 1. The first-order chi connectivity index (χ1) is 11.7. The van der Waals surface area contributed by atoms with E-state index in [2.05, 4.69) is 16.1 Å². The number of anilines is 1. The number of amides is 1. The lowest BCUT2D eigenvalue weighted by Gasteiger charge is -2.36. The molecule has 0 atom stereocenters. The van der Waals surface area contributed by atoms with Gasteiger partial charge in [0.15, 0.2) is 0 Å². The van der Waals surface area contributed by atoms with Crippen molar-refractivity contribution in [2.24, 2.45) is 0 Å². The molecular weight excluding hydrogens is 306 g/mol. The van der Waals surface area contributed by atoms with E-state index in [9.17, 15) is 4.79 Å². The van der Waals surface area contributed by atoms with Gasteiger partial charge in [0, 0.05) is 32.6 Å². The van der Waals surface area contributed by atoms with Crippen LogP contribution < -0.4 is 9.64 Å². The van der Waals surface area contributed by atoms with Crippen LogP contribution in [0.1, 0.15) is 28.7 Å². The van der Waals surface area contributed by atoms with Crippen LogP contribution in [0.25, 0.3) is 0 Å². The zero-order valence-electron chi connectivity index (χ0n) is 14.4. The van der Waals surface area contributed by atoms with Crippen molar-refractivity contribution < 1.29 is 14.1 Å². The first-order valence-electron chi connectivity index (χ1n) is 8.28. The van der Waals surface area contributed by atoms with Gasteiger partial charge in [0.2, 0.25) is 0 Å². The molecule has 6 heteroatoms. The second kappa shape index (κ2) is 6.95. The molecule has 0 aliphatic carbocycles. The quantitative estimate of drug-likeness (QED) is 0.862. The van der Waals surface area contributed by atoms with Crippen LogP contribution in [0, 0.1) is 6.92 Å². The van der Waals surface area contributed by atoms with E-state index in [0.717, 1.165) is 24.5 Å². The van der Waals surface area contributed by atoms with Crippen LogP contribution in [0.15, 0.2) is 28.8 Å². The van der Waals surface area contributed by atoms with Crippen LogP contribution in [0.4, 0.5) is 5.69 Å². The summed E-state index contributed by atoms with van der Waals surface area (Å²) in [6.45, 7) is 6.68. The molecule has 0 radical (unpaired) electrons. The number of hydrogen-bond acceptors (Lipinski definition) is 5. The van der Waals surface area contributed by atoms with Gasteiger partial charge in [-0.15, -0.1) is 0 Å². The largest absolute Gasteiger partial charge is 0.495 e. The number of piperazine rings is 1. The van der Waals surface area contributed by atoms with E-state index in [4.69, 9.17) is 9.26 Å². The molecule has 0 unspecified atom stereocenters. The molecule has 128 valence electrons. The van der Waals surface area contributed by atoms with Gasteiger partial charge in [0.25, 0.3) is 5.91 Å². The smallest absolute Gasteiger partial charge is 0.259 e. The molecular formula is C18H23N3O3. The van der Waals surface area contributed by atoms with Crippen LogP contribution in [-0.4, -0.2) is 49.3 Å². The molecule has 6 nitrogen and oxygen atoms in total. The molecule has 1 aromatic carbocycles. The first-order valence-corrected chi connectivity index (χ1v) is 8.28. The third-order valence-corrected chi connectivity index (χ3v) is 4.46. The van der Waals surface area contributed by atoms with Crippen LogP contribution >= 0.6 is 0 Å². The normalized spacial score (nSPS) is 14.8. The third kappa shape index (κ3) is 2.96. The number of carbonyl (C=O) groups is 1. The molecule has 0 spiro atoms. The van der Waals surface area contributed by atoms with E-state index >= 15 is 0 Å². The summed E-state index contributed by atoms with van der Waals surface area (Å²) >= 11 is 0. The fourth-order valence-corrected chi connectivity index (χ4v) is 3.13. The third-order valence-electron chi connectivity index (χ3n) is 4.46. The minimum Gasteiger partial charge on any atom is -0.495 e. The summed E-state index contributed by atoms with van der Waals surface area (Å²) in [5.41, 5.74) is 2.37. The van der Waals surface area contributed by atoms with Crippen LogP contribution in [0.5, 0.6) is 5.75 Å². The molecule has 1 aromatic heterocycles. The average Bonchev–Trinajstić information content (AvgIpc) is 3.02. The van der Waals surface area contributed by atoms with E-state index in [0.29, 0.717) is 36.5 Å². The maximum absolute atomic E-state index is 12.8. The molecule has 1 saturated heterocycles. The van der Waals surface area contributed by atoms with Gasteiger partial charge in [0.1, 0.15) is 17.1 Å². The number of rotatable bonds is 4. The van der Waals surface area contributed by atoms with Gasteiger partial charge in [-0.1, -0.05) is 24.2 Å². The standard InChI is InChI=1S/C18H23N3O3/c1-4-15-17(13(2)19-24-15)18(22)21-11-9-20(10-12-21)14-7-5-6-8-16(14)23-3/h5-8H,4,9-12H2,1-3H3. The van der Waals surface area contributed by atoms with Crippen molar-refractivity contribution in [2.75, 3.05) is 38.2 Å². The molecule has 24 heavy (non-hydrogen) atoms. The first kappa shape index (κ1) is 16.4. The van der Waals surface area contributed by atoms with E-state index in [-0.39, 0.29) is 5.91 Å². The molecule has 2 aromatic rings. The summed E-state index contributed by atoms with van der Waals surface area (Å²) in [7, 11) is 1.68. The number of aryl methyl sites for hydroxylation is 2. The summed E-state index contributed by atoms with van der Waals surface area (Å²) in [6, 6.07) is 7.98. The van der Waals surface area contributed by atoms with Gasteiger partial charge in [-0.05, 0) is 19.1 Å². The van der Waals surface area contributed by atoms with Gasteiger partial charge in [0.05, 0.1) is 18.5 Å². The van der Waals surface area contributed by atoms with Gasteiger partial charge in [-0.3, -0.25) is 4.79 Å². The summed E-state index contributed by atoms with van der Waals surface area (Å²) in [5, 5.41) is 3.94. The molecule has 0 saturated carbocycles. The number of benzene rings is 1. The number of hydrogen-bond donors (Lipinski definition) is 0. The zero-order valence-corrected chi connectivity index (χ0v) is 14.4. The summed E-state index contributed by atoms with van der Waals surface area (Å²) < 4.78 is 10.7. The number of aromatic nitrogens is 1. The number of nitrogens with zero attached hydrogens (tertiary/aromatic N) is 3. The number of carbonyl (C=O) groups excluding carboxylic acids is 1. The number of para-hydroxylation sites is 2. The maximum Gasteiger partial charge on any atom is 0.259 e. The zero-order chi connectivity index (χ0) is 17.1.